The molecular weight excluding hydrogens is 368 g/mol. The monoisotopic (exact) mass is 402 g/mol. The van der Waals surface area contributed by atoms with Gasteiger partial charge in [0, 0.05) is 12.7 Å². The Hall–Kier alpha value is -2.11. The molecule has 160 valence electrons. The molecule has 1 aliphatic heterocycles. The molecule has 2 aliphatic rings. The largest absolute Gasteiger partial charge is 0.455 e. The second-order valence-corrected chi connectivity index (χ2v) is 9.49. The van der Waals surface area contributed by atoms with Gasteiger partial charge in [-0.25, -0.2) is 4.79 Å². The smallest absolute Gasteiger partial charge is 0.355 e. The summed E-state index contributed by atoms with van der Waals surface area (Å²) in [7, 11) is 0. The summed E-state index contributed by atoms with van der Waals surface area (Å²) in [4.78, 5) is 43.2. The quantitative estimate of drug-likeness (QED) is 0.554. The zero-order valence-electron chi connectivity index (χ0n) is 18.3. The highest BCUT2D eigenvalue weighted by atomic mass is 16.6. The van der Waals surface area contributed by atoms with Crippen molar-refractivity contribution >= 4 is 17.8 Å². The second-order valence-electron chi connectivity index (χ2n) is 9.49. The predicted molar refractivity (Wildman–Crippen MR) is 110 cm³/mol. The normalized spacial score (nSPS) is 22.4. The summed E-state index contributed by atoms with van der Waals surface area (Å²) >= 11 is 0. The minimum atomic E-state index is -0.587. The van der Waals surface area contributed by atoms with E-state index in [2.05, 4.69) is 18.8 Å². The number of ether oxygens (including phenoxy) is 1. The van der Waals surface area contributed by atoms with Crippen LogP contribution in [-0.4, -0.2) is 39.8 Å². The number of hydrogen-bond acceptors (Lipinski definition) is 4. The first-order valence-corrected chi connectivity index (χ1v) is 10.9. The number of carbonyl (C=O) groups is 3. The van der Waals surface area contributed by atoms with Crippen molar-refractivity contribution in [1.29, 1.82) is 0 Å². The maximum absolute atomic E-state index is 13.1. The van der Waals surface area contributed by atoms with E-state index in [1.165, 1.54) is 4.90 Å². The molecule has 3 unspecified atom stereocenters. The van der Waals surface area contributed by atoms with Gasteiger partial charge in [-0.2, -0.15) is 0 Å². The molecule has 0 radical (unpaired) electrons. The minimum Gasteiger partial charge on any atom is -0.455 e. The number of nitrogens with zero attached hydrogens (tertiary/aromatic N) is 1. The Morgan fingerprint density at radius 1 is 1.21 bits per heavy atom. The number of carbonyl (C=O) groups excluding carboxylic acids is 3. The number of H-pyrrole nitrogens is 1. The number of nitrogens with one attached hydrogen (secondary N) is 1. The first-order valence-electron chi connectivity index (χ1n) is 10.9. The molecule has 0 spiro atoms. The van der Waals surface area contributed by atoms with E-state index in [-0.39, 0.29) is 23.7 Å². The van der Waals surface area contributed by atoms with Gasteiger partial charge in [0.05, 0.1) is 11.8 Å². The molecule has 0 saturated carbocycles. The standard InChI is InChI=1S/C23H34N2O4/c1-6-8-9-14(7-2)13-25-20(26)17-10-15-12-24-19(22(28)29-23(3,4)5)16(15)11-18(17)21(25)27/h12,14,17-18,24H,6-11,13H2,1-5H3. The highest BCUT2D eigenvalue weighted by Crippen LogP contribution is 2.39. The van der Waals surface area contributed by atoms with Crippen molar-refractivity contribution in [3.63, 3.8) is 0 Å². The third-order valence-corrected chi connectivity index (χ3v) is 6.18. The molecule has 29 heavy (non-hydrogen) atoms. The van der Waals surface area contributed by atoms with Gasteiger partial charge in [-0.1, -0.05) is 33.1 Å². The van der Waals surface area contributed by atoms with Gasteiger partial charge in [0.15, 0.2) is 0 Å². The van der Waals surface area contributed by atoms with Gasteiger partial charge in [-0.15, -0.1) is 0 Å². The van der Waals surface area contributed by atoms with E-state index >= 15 is 0 Å². The van der Waals surface area contributed by atoms with Crippen LogP contribution >= 0.6 is 0 Å². The first-order chi connectivity index (χ1) is 13.7. The van der Waals surface area contributed by atoms with E-state index in [1.807, 2.05) is 20.8 Å². The third kappa shape index (κ3) is 4.41. The van der Waals surface area contributed by atoms with Gasteiger partial charge < -0.3 is 9.72 Å². The molecule has 1 N–H and O–H groups in total. The lowest BCUT2D eigenvalue weighted by atomic mass is 9.78. The Balaban J connectivity index is 1.77. The lowest BCUT2D eigenvalue weighted by molar-refractivity contribution is -0.140. The lowest BCUT2D eigenvalue weighted by Crippen LogP contribution is -2.35. The predicted octanol–water partition coefficient (Wildman–Crippen LogP) is 3.89. The fraction of sp³-hybridized carbons (Fsp3) is 0.696. The number of amides is 2. The molecule has 0 bridgehead atoms. The van der Waals surface area contributed by atoms with Crippen LogP contribution in [0, 0.1) is 17.8 Å². The molecule has 1 aromatic heterocycles. The van der Waals surface area contributed by atoms with E-state index in [1.54, 1.807) is 6.20 Å². The number of aromatic nitrogens is 1. The Labute approximate surface area is 173 Å². The van der Waals surface area contributed by atoms with Crippen LogP contribution in [-0.2, 0) is 27.2 Å². The molecule has 2 amide bonds. The third-order valence-electron chi connectivity index (χ3n) is 6.18. The fourth-order valence-electron chi connectivity index (χ4n) is 4.55. The maximum Gasteiger partial charge on any atom is 0.355 e. The second kappa shape index (κ2) is 8.33. The number of esters is 1. The highest BCUT2D eigenvalue weighted by Gasteiger charge is 2.50. The molecule has 2 heterocycles. The Bertz CT molecular complexity index is 789. The van der Waals surface area contributed by atoms with E-state index in [9.17, 15) is 14.4 Å². The van der Waals surface area contributed by atoms with Crippen molar-refractivity contribution in [2.75, 3.05) is 6.54 Å². The molecule has 1 saturated heterocycles. The van der Waals surface area contributed by atoms with E-state index in [0.717, 1.165) is 36.8 Å². The topological polar surface area (TPSA) is 79.5 Å². The number of fused-ring (bicyclic) bond motifs is 2. The van der Waals surface area contributed by atoms with Crippen molar-refractivity contribution in [1.82, 2.24) is 9.88 Å². The van der Waals surface area contributed by atoms with Gasteiger partial charge in [-0.3, -0.25) is 14.5 Å². The van der Waals surface area contributed by atoms with Crippen LogP contribution in [0.5, 0.6) is 0 Å². The summed E-state index contributed by atoms with van der Waals surface area (Å²) in [6, 6.07) is 0. The summed E-state index contributed by atoms with van der Waals surface area (Å²) in [6.07, 6.45) is 6.97. The Morgan fingerprint density at radius 3 is 2.45 bits per heavy atom. The molecule has 6 heteroatoms. The zero-order chi connectivity index (χ0) is 21.3. The van der Waals surface area contributed by atoms with Crippen molar-refractivity contribution < 1.29 is 19.1 Å². The number of likely N-dealkylation sites (tertiary alicyclic amines) is 1. The Morgan fingerprint density at radius 2 is 1.86 bits per heavy atom. The molecule has 6 nitrogen and oxygen atoms in total. The molecule has 3 rings (SSSR count). The summed E-state index contributed by atoms with van der Waals surface area (Å²) in [6.45, 7) is 10.3. The SMILES string of the molecule is CCCCC(CC)CN1C(=O)C2Cc3c[nH]c(C(=O)OC(C)(C)C)c3CC2C1=O. The van der Waals surface area contributed by atoms with Gasteiger partial charge in [0.2, 0.25) is 11.8 Å². The maximum atomic E-state index is 13.1. The van der Waals surface area contributed by atoms with Crippen LogP contribution in [0.3, 0.4) is 0 Å². The van der Waals surface area contributed by atoms with Crippen LogP contribution in [0.15, 0.2) is 6.20 Å². The van der Waals surface area contributed by atoms with Crippen molar-refractivity contribution in [3.05, 3.63) is 23.0 Å². The van der Waals surface area contributed by atoms with Crippen molar-refractivity contribution in [3.8, 4) is 0 Å². The summed E-state index contributed by atoms with van der Waals surface area (Å²) in [5, 5.41) is 0. The highest BCUT2D eigenvalue weighted by molar-refractivity contribution is 6.06. The van der Waals surface area contributed by atoms with Crippen LogP contribution in [0.25, 0.3) is 0 Å². The minimum absolute atomic E-state index is 0.0411. The molecule has 1 aliphatic carbocycles. The van der Waals surface area contributed by atoms with E-state index < -0.39 is 11.6 Å². The molecular formula is C23H34N2O4. The van der Waals surface area contributed by atoms with Gasteiger partial charge in [-0.05, 0) is 57.1 Å². The number of rotatable bonds is 7. The van der Waals surface area contributed by atoms with Crippen LogP contribution in [0.2, 0.25) is 0 Å². The average Bonchev–Trinajstić information content (AvgIpc) is 3.16. The lowest BCUT2D eigenvalue weighted by Gasteiger charge is -2.23. The van der Waals surface area contributed by atoms with Crippen LogP contribution in [0.1, 0.15) is 81.9 Å². The fourth-order valence-corrected chi connectivity index (χ4v) is 4.55. The molecule has 1 fully saturated rings. The summed E-state index contributed by atoms with van der Waals surface area (Å²) < 4.78 is 5.50. The summed E-state index contributed by atoms with van der Waals surface area (Å²) in [5.41, 5.74) is 1.62. The Kier molecular flexibility index (Phi) is 6.20. The average molecular weight is 403 g/mol. The van der Waals surface area contributed by atoms with Crippen LogP contribution in [0.4, 0.5) is 0 Å². The molecule has 3 atom stereocenters. The van der Waals surface area contributed by atoms with Gasteiger partial charge >= 0.3 is 5.97 Å². The molecule has 0 aromatic carbocycles. The van der Waals surface area contributed by atoms with E-state index in [0.29, 0.717) is 31.0 Å². The van der Waals surface area contributed by atoms with Crippen molar-refractivity contribution in [2.24, 2.45) is 17.8 Å². The zero-order valence-corrected chi connectivity index (χ0v) is 18.3. The number of unbranched alkanes of at least 4 members (excludes halogenated alkanes) is 1. The number of imide groups is 1. The summed E-state index contributed by atoms with van der Waals surface area (Å²) in [5.74, 6) is -0.828. The van der Waals surface area contributed by atoms with Gasteiger partial charge in [0.25, 0.3) is 0 Å². The number of aromatic amines is 1. The van der Waals surface area contributed by atoms with Crippen LogP contribution < -0.4 is 0 Å². The van der Waals surface area contributed by atoms with E-state index in [4.69, 9.17) is 4.74 Å². The first kappa shape index (κ1) is 21.6. The van der Waals surface area contributed by atoms with Gasteiger partial charge in [0.1, 0.15) is 11.3 Å². The molecule has 1 aromatic rings. The van der Waals surface area contributed by atoms with Crippen molar-refractivity contribution in [2.45, 2.75) is 78.7 Å². The number of hydrogen-bond donors (Lipinski definition) is 1.